The molecule has 0 spiro atoms. The molecule has 0 radical (unpaired) electrons. The van der Waals surface area contributed by atoms with E-state index in [-0.39, 0.29) is 0 Å². The van der Waals surface area contributed by atoms with E-state index in [4.69, 9.17) is 0 Å². The Morgan fingerprint density at radius 2 is 2.10 bits per heavy atom. The lowest BCUT2D eigenvalue weighted by molar-refractivity contribution is 0.699. The van der Waals surface area contributed by atoms with E-state index in [1.807, 2.05) is 0 Å². The fraction of sp³-hybridized carbons (Fsp3) is 0.800. The molecule has 0 aliphatic heterocycles. The summed E-state index contributed by atoms with van der Waals surface area (Å²) in [7, 11) is 0. The molecular formula is C10H16. The van der Waals surface area contributed by atoms with Gasteiger partial charge in [-0.15, -0.1) is 0 Å². The highest BCUT2D eigenvalue weighted by molar-refractivity contribution is 5.31. The Balaban J connectivity index is 2.23. The summed E-state index contributed by atoms with van der Waals surface area (Å²) in [6, 6.07) is 0. The van der Waals surface area contributed by atoms with Gasteiger partial charge in [-0.1, -0.05) is 25.0 Å². The average Bonchev–Trinajstić information content (AvgIpc) is 2.42. The van der Waals surface area contributed by atoms with Crippen molar-refractivity contribution in [1.82, 2.24) is 0 Å². The molecule has 0 N–H and O–H groups in total. The zero-order valence-corrected chi connectivity index (χ0v) is 7.15. The molecule has 0 aromatic rings. The maximum atomic E-state index is 2.33. The molecule has 2 aliphatic rings. The van der Waals surface area contributed by atoms with Crippen LogP contribution in [0.25, 0.3) is 0 Å². The number of allylic oxidation sites excluding steroid dienone is 2. The summed E-state index contributed by atoms with van der Waals surface area (Å²) in [5.74, 6) is 2.93. The van der Waals surface area contributed by atoms with Gasteiger partial charge >= 0.3 is 0 Å². The maximum Gasteiger partial charge on any atom is -0.0163 e. The number of fused-ring (bicyclic) bond motifs is 1. The lowest BCUT2D eigenvalue weighted by Gasteiger charge is -2.09. The van der Waals surface area contributed by atoms with Gasteiger partial charge < -0.3 is 0 Å². The van der Waals surface area contributed by atoms with Crippen LogP contribution in [0.1, 0.15) is 33.6 Å². The fourth-order valence-corrected chi connectivity index (χ4v) is 2.60. The van der Waals surface area contributed by atoms with Crippen molar-refractivity contribution >= 4 is 0 Å². The topological polar surface area (TPSA) is 0 Å². The van der Waals surface area contributed by atoms with Gasteiger partial charge in [0.2, 0.25) is 0 Å². The van der Waals surface area contributed by atoms with E-state index in [1.54, 1.807) is 11.1 Å². The van der Waals surface area contributed by atoms with E-state index in [1.165, 1.54) is 12.8 Å². The van der Waals surface area contributed by atoms with Crippen LogP contribution < -0.4 is 0 Å². The zero-order chi connectivity index (χ0) is 7.30. The van der Waals surface area contributed by atoms with Gasteiger partial charge in [0.15, 0.2) is 0 Å². The van der Waals surface area contributed by atoms with E-state index >= 15 is 0 Å². The molecule has 10 heavy (non-hydrogen) atoms. The van der Waals surface area contributed by atoms with Crippen LogP contribution in [0.5, 0.6) is 0 Å². The average molecular weight is 136 g/mol. The minimum absolute atomic E-state index is 0.817. The Bertz CT molecular complexity index is 186. The van der Waals surface area contributed by atoms with Crippen LogP contribution in [-0.4, -0.2) is 0 Å². The molecule has 2 atom stereocenters. The molecule has 1 saturated carbocycles. The predicted octanol–water partition coefficient (Wildman–Crippen LogP) is 3.00. The molecule has 0 bridgehead atoms. The molecular weight excluding hydrogens is 120 g/mol. The standard InChI is InChI=1S/C10H16/c1-6(2)10-7(3)4-8-5-9(8)10/h6,8-9H,4-5H2,1-3H3. The summed E-state index contributed by atoms with van der Waals surface area (Å²) in [6.07, 6.45) is 2.92. The Morgan fingerprint density at radius 3 is 2.40 bits per heavy atom. The first kappa shape index (κ1) is 6.45. The van der Waals surface area contributed by atoms with Gasteiger partial charge in [-0.05, 0) is 37.5 Å². The quantitative estimate of drug-likeness (QED) is 0.486. The minimum atomic E-state index is 0.817. The smallest absolute Gasteiger partial charge is 0.0163 e. The van der Waals surface area contributed by atoms with E-state index in [9.17, 15) is 0 Å². The molecule has 56 valence electrons. The predicted molar refractivity (Wildman–Crippen MR) is 43.8 cm³/mol. The van der Waals surface area contributed by atoms with Crippen molar-refractivity contribution in [2.45, 2.75) is 33.6 Å². The number of rotatable bonds is 1. The van der Waals surface area contributed by atoms with Crippen LogP contribution in [0, 0.1) is 17.8 Å². The minimum Gasteiger partial charge on any atom is -0.0733 e. The van der Waals surface area contributed by atoms with Crippen LogP contribution >= 0.6 is 0 Å². The summed E-state index contributed by atoms with van der Waals surface area (Å²) in [6.45, 7) is 6.99. The van der Waals surface area contributed by atoms with Crippen molar-refractivity contribution in [1.29, 1.82) is 0 Å². The molecule has 2 unspecified atom stereocenters. The van der Waals surface area contributed by atoms with Crippen LogP contribution in [0.3, 0.4) is 0 Å². The summed E-state index contributed by atoms with van der Waals surface area (Å²) in [5, 5.41) is 0. The van der Waals surface area contributed by atoms with Gasteiger partial charge in [-0.3, -0.25) is 0 Å². The zero-order valence-electron chi connectivity index (χ0n) is 7.15. The Kier molecular flexibility index (Phi) is 1.21. The van der Waals surface area contributed by atoms with Crippen molar-refractivity contribution in [3.8, 4) is 0 Å². The molecule has 0 amide bonds. The first-order valence-electron chi connectivity index (χ1n) is 4.39. The third-order valence-corrected chi connectivity index (χ3v) is 3.01. The fourth-order valence-electron chi connectivity index (χ4n) is 2.60. The lowest BCUT2D eigenvalue weighted by atomic mass is 9.97. The van der Waals surface area contributed by atoms with Crippen LogP contribution in [0.4, 0.5) is 0 Å². The van der Waals surface area contributed by atoms with Crippen LogP contribution in [0.15, 0.2) is 11.1 Å². The third kappa shape index (κ3) is 0.744. The van der Waals surface area contributed by atoms with Crippen LogP contribution in [-0.2, 0) is 0 Å². The lowest BCUT2D eigenvalue weighted by Crippen LogP contribution is -1.95. The highest BCUT2D eigenvalue weighted by atomic mass is 14.5. The Morgan fingerprint density at radius 1 is 1.40 bits per heavy atom. The SMILES string of the molecule is CC1=C(C(C)C)C2CC2C1. The summed E-state index contributed by atoms with van der Waals surface area (Å²) in [5.41, 5.74) is 3.50. The monoisotopic (exact) mass is 136 g/mol. The molecule has 2 rings (SSSR count). The molecule has 0 heterocycles. The largest absolute Gasteiger partial charge is 0.0733 e. The van der Waals surface area contributed by atoms with Crippen LogP contribution in [0.2, 0.25) is 0 Å². The Hall–Kier alpha value is -0.260. The molecule has 2 aliphatic carbocycles. The van der Waals surface area contributed by atoms with Crippen molar-refractivity contribution in [2.24, 2.45) is 17.8 Å². The first-order valence-corrected chi connectivity index (χ1v) is 4.39. The molecule has 1 fully saturated rings. The van der Waals surface area contributed by atoms with E-state index in [0.29, 0.717) is 0 Å². The second kappa shape index (κ2) is 1.87. The highest BCUT2D eigenvalue weighted by Gasteiger charge is 2.45. The number of hydrogen-bond acceptors (Lipinski definition) is 0. The highest BCUT2D eigenvalue weighted by Crippen LogP contribution is 2.56. The van der Waals surface area contributed by atoms with E-state index < -0.39 is 0 Å². The van der Waals surface area contributed by atoms with E-state index in [2.05, 4.69) is 20.8 Å². The summed E-state index contributed by atoms with van der Waals surface area (Å²) in [4.78, 5) is 0. The molecule has 0 heteroatoms. The summed E-state index contributed by atoms with van der Waals surface area (Å²) >= 11 is 0. The normalized spacial score (nSPS) is 37.2. The molecule has 0 aromatic carbocycles. The second-order valence-electron chi connectivity index (χ2n) is 4.20. The van der Waals surface area contributed by atoms with Crippen molar-refractivity contribution in [2.75, 3.05) is 0 Å². The molecule has 0 saturated heterocycles. The maximum absolute atomic E-state index is 2.33. The van der Waals surface area contributed by atoms with Gasteiger partial charge in [-0.2, -0.15) is 0 Å². The van der Waals surface area contributed by atoms with Crippen molar-refractivity contribution in [3.05, 3.63) is 11.1 Å². The van der Waals surface area contributed by atoms with E-state index in [0.717, 1.165) is 17.8 Å². The van der Waals surface area contributed by atoms with Gasteiger partial charge in [0, 0.05) is 0 Å². The first-order chi connectivity index (χ1) is 4.70. The second-order valence-corrected chi connectivity index (χ2v) is 4.20. The molecule has 0 nitrogen and oxygen atoms in total. The van der Waals surface area contributed by atoms with Crippen molar-refractivity contribution in [3.63, 3.8) is 0 Å². The Labute approximate surface area is 63.3 Å². The summed E-state index contributed by atoms with van der Waals surface area (Å²) < 4.78 is 0. The van der Waals surface area contributed by atoms with Crippen molar-refractivity contribution < 1.29 is 0 Å². The molecule has 0 aromatic heterocycles. The number of hydrogen-bond donors (Lipinski definition) is 0. The van der Waals surface area contributed by atoms with Gasteiger partial charge in [-0.25, -0.2) is 0 Å². The van der Waals surface area contributed by atoms with Gasteiger partial charge in [0.25, 0.3) is 0 Å². The van der Waals surface area contributed by atoms with Gasteiger partial charge in [0.1, 0.15) is 0 Å². The third-order valence-electron chi connectivity index (χ3n) is 3.01. The van der Waals surface area contributed by atoms with Gasteiger partial charge in [0.05, 0.1) is 0 Å².